The molecule has 0 aliphatic carbocycles. The third-order valence-electron chi connectivity index (χ3n) is 1.25. The van der Waals surface area contributed by atoms with Crippen LogP contribution in [0.2, 0.25) is 5.02 Å². The van der Waals surface area contributed by atoms with Crippen molar-refractivity contribution in [3.8, 4) is 0 Å². The van der Waals surface area contributed by atoms with Crippen molar-refractivity contribution in [2.45, 2.75) is 0 Å². The Morgan fingerprint density at radius 1 is 1.33 bits per heavy atom. The molecule has 0 atom stereocenters. The number of rotatable bonds is 1. The second kappa shape index (κ2) is 3.06. The van der Waals surface area contributed by atoms with Gasteiger partial charge in [-0.1, -0.05) is 11.6 Å². The summed E-state index contributed by atoms with van der Waals surface area (Å²) in [4.78, 5) is 10.5. The Hall–Kier alpha value is -1.16. The van der Waals surface area contributed by atoms with E-state index in [-0.39, 0.29) is 5.02 Å². The van der Waals surface area contributed by atoms with Gasteiger partial charge in [-0.05, 0) is 12.1 Å². The highest BCUT2D eigenvalue weighted by Crippen LogP contribution is 2.18. The summed E-state index contributed by atoms with van der Waals surface area (Å²) in [7, 11) is 0. The molecule has 2 nitrogen and oxygen atoms in total. The second-order valence-corrected chi connectivity index (χ2v) is 2.55. The van der Waals surface area contributed by atoms with Gasteiger partial charge in [0, 0.05) is 5.02 Å². The van der Waals surface area contributed by atoms with E-state index in [9.17, 15) is 13.6 Å². The van der Waals surface area contributed by atoms with Crippen LogP contribution < -0.4 is 5.73 Å². The van der Waals surface area contributed by atoms with Gasteiger partial charge in [-0.3, -0.25) is 4.79 Å². The number of carbonyl (C=O) groups is 1. The fraction of sp³-hybridized carbons (Fsp3) is 0. The highest BCUT2D eigenvalue weighted by Gasteiger charge is 2.14. The molecule has 0 spiro atoms. The van der Waals surface area contributed by atoms with Crippen molar-refractivity contribution in [2.24, 2.45) is 5.73 Å². The van der Waals surface area contributed by atoms with E-state index in [2.05, 4.69) is 0 Å². The largest absolute Gasteiger partial charge is 0.365 e. The third kappa shape index (κ3) is 1.53. The summed E-state index contributed by atoms with van der Waals surface area (Å²) in [6.07, 6.45) is 0. The predicted molar refractivity (Wildman–Crippen MR) is 39.9 cm³/mol. The zero-order valence-corrected chi connectivity index (χ0v) is 6.53. The molecule has 0 bridgehead atoms. The van der Waals surface area contributed by atoms with Gasteiger partial charge in [-0.15, -0.1) is 0 Å². The summed E-state index contributed by atoms with van der Waals surface area (Å²) in [6.45, 7) is 0. The quantitative estimate of drug-likeness (QED) is 0.722. The molecular weight excluding hydrogens is 188 g/mol. The number of carbonyl (C=O) groups excluding carboxylic acids is 1. The molecule has 12 heavy (non-hydrogen) atoms. The van der Waals surface area contributed by atoms with Gasteiger partial charge in [-0.25, -0.2) is 8.78 Å². The Balaban J connectivity index is 3.38. The minimum atomic E-state index is -1.15. The van der Waals surface area contributed by atoms with E-state index in [1.807, 2.05) is 0 Å². The average molecular weight is 192 g/mol. The first-order chi connectivity index (χ1) is 5.52. The topological polar surface area (TPSA) is 43.1 Å². The van der Waals surface area contributed by atoms with Gasteiger partial charge in [0.1, 0.15) is 17.2 Å². The Labute approximate surface area is 71.9 Å². The van der Waals surface area contributed by atoms with Gasteiger partial charge in [0.2, 0.25) is 0 Å². The number of hydrogen-bond acceptors (Lipinski definition) is 1. The Bertz CT molecular complexity index is 317. The molecule has 0 radical (unpaired) electrons. The molecule has 0 heterocycles. The lowest BCUT2D eigenvalue weighted by Gasteiger charge is -1.99. The number of nitrogens with two attached hydrogens (primary N) is 1. The van der Waals surface area contributed by atoms with E-state index in [1.54, 1.807) is 0 Å². The molecule has 0 unspecified atom stereocenters. The lowest BCUT2D eigenvalue weighted by molar-refractivity contribution is 0.0992. The lowest BCUT2D eigenvalue weighted by atomic mass is 10.2. The fourth-order valence-electron chi connectivity index (χ4n) is 0.778. The molecular formula is C7H4ClF2NO. The van der Waals surface area contributed by atoms with Gasteiger partial charge in [0.25, 0.3) is 5.91 Å². The molecule has 1 amide bonds. The van der Waals surface area contributed by atoms with Crippen molar-refractivity contribution in [2.75, 3.05) is 0 Å². The first-order valence-corrected chi connectivity index (χ1v) is 3.34. The van der Waals surface area contributed by atoms with Crippen LogP contribution in [-0.4, -0.2) is 5.91 Å². The molecule has 0 aliphatic heterocycles. The maximum atomic E-state index is 12.7. The van der Waals surface area contributed by atoms with Gasteiger partial charge in [0.15, 0.2) is 0 Å². The molecule has 64 valence electrons. The maximum absolute atomic E-state index is 12.7. The predicted octanol–water partition coefficient (Wildman–Crippen LogP) is 1.72. The second-order valence-electron chi connectivity index (χ2n) is 2.11. The van der Waals surface area contributed by atoms with E-state index in [4.69, 9.17) is 17.3 Å². The van der Waals surface area contributed by atoms with Crippen LogP contribution in [0.3, 0.4) is 0 Å². The van der Waals surface area contributed by atoms with Crippen molar-refractivity contribution >= 4 is 17.5 Å². The zero-order valence-electron chi connectivity index (χ0n) is 5.77. The van der Waals surface area contributed by atoms with E-state index in [1.165, 1.54) is 0 Å². The molecule has 0 aromatic heterocycles. The van der Waals surface area contributed by atoms with Crippen LogP contribution in [0.25, 0.3) is 0 Å². The Kier molecular flexibility index (Phi) is 2.28. The van der Waals surface area contributed by atoms with Crippen molar-refractivity contribution in [3.63, 3.8) is 0 Å². The number of halogens is 3. The third-order valence-corrected chi connectivity index (χ3v) is 1.47. The van der Waals surface area contributed by atoms with Crippen LogP contribution in [0.5, 0.6) is 0 Å². The molecule has 0 saturated heterocycles. The average Bonchev–Trinajstić information content (AvgIpc) is 1.82. The molecule has 0 aliphatic rings. The van der Waals surface area contributed by atoms with Crippen LogP contribution in [-0.2, 0) is 0 Å². The summed E-state index contributed by atoms with van der Waals surface area (Å²) in [6, 6.07) is 1.65. The maximum Gasteiger partial charge on any atom is 0.254 e. The molecule has 1 aromatic carbocycles. The Morgan fingerprint density at radius 2 is 1.75 bits per heavy atom. The summed E-state index contributed by atoms with van der Waals surface area (Å²) in [5.41, 5.74) is 3.94. The van der Waals surface area contributed by atoms with E-state index < -0.39 is 23.1 Å². The van der Waals surface area contributed by atoms with Gasteiger partial charge < -0.3 is 5.73 Å². The van der Waals surface area contributed by atoms with Crippen molar-refractivity contribution in [1.82, 2.24) is 0 Å². The molecule has 5 heteroatoms. The van der Waals surface area contributed by atoms with Crippen molar-refractivity contribution in [3.05, 3.63) is 34.4 Å². The highest BCUT2D eigenvalue weighted by molar-refractivity contribution is 6.30. The van der Waals surface area contributed by atoms with Crippen LogP contribution in [0.4, 0.5) is 8.78 Å². The van der Waals surface area contributed by atoms with Gasteiger partial charge in [-0.2, -0.15) is 0 Å². The summed E-state index contributed by atoms with van der Waals surface area (Å²) in [5.74, 6) is -3.25. The normalized spacial score (nSPS) is 9.92. The first kappa shape index (κ1) is 8.93. The minimum Gasteiger partial charge on any atom is -0.365 e. The van der Waals surface area contributed by atoms with Crippen LogP contribution in [0, 0.1) is 11.6 Å². The minimum absolute atomic E-state index is 0.116. The van der Waals surface area contributed by atoms with Crippen molar-refractivity contribution < 1.29 is 13.6 Å². The molecule has 0 fully saturated rings. The zero-order chi connectivity index (χ0) is 9.30. The number of primary amides is 1. The van der Waals surface area contributed by atoms with Gasteiger partial charge >= 0.3 is 0 Å². The monoisotopic (exact) mass is 191 g/mol. The molecule has 2 N–H and O–H groups in total. The number of benzene rings is 1. The fourth-order valence-corrected chi connectivity index (χ4v) is 0.969. The highest BCUT2D eigenvalue weighted by atomic mass is 35.5. The standard InChI is InChI=1S/C7H4ClF2NO/c8-3-1-4(9)6(7(11)12)5(10)2-3/h1-2H,(H2,11,12). The Morgan fingerprint density at radius 3 is 2.08 bits per heavy atom. The summed E-state index contributed by atoms with van der Waals surface area (Å²) >= 11 is 5.29. The number of hydrogen-bond donors (Lipinski definition) is 1. The lowest BCUT2D eigenvalue weighted by Crippen LogP contribution is -2.15. The molecule has 0 saturated carbocycles. The SMILES string of the molecule is NC(=O)c1c(F)cc(Cl)cc1F. The van der Waals surface area contributed by atoms with E-state index in [0.717, 1.165) is 12.1 Å². The van der Waals surface area contributed by atoms with Crippen LogP contribution in [0.15, 0.2) is 12.1 Å². The van der Waals surface area contributed by atoms with E-state index in [0.29, 0.717) is 0 Å². The number of amides is 1. The van der Waals surface area contributed by atoms with Crippen LogP contribution in [0.1, 0.15) is 10.4 Å². The molecule has 1 aromatic rings. The molecule has 1 rings (SSSR count). The van der Waals surface area contributed by atoms with Crippen LogP contribution >= 0.6 is 11.6 Å². The summed E-state index contributed by atoms with van der Waals surface area (Å²) < 4.78 is 25.5. The summed E-state index contributed by atoms with van der Waals surface area (Å²) in [5, 5.41) is -0.116. The first-order valence-electron chi connectivity index (χ1n) is 2.96. The van der Waals surface area contributed by atoms with E-state index >= 15 is 0 Å². The smallest absolute Gasteiger partial charge is 0.254 e. The van der Waals surface area contributed by atoms with Gasteiger partial charge in [0.05, 0.1) is 0 Å². The van der Waals surface area contributed by atoms with Crippen molar-refractivity contribution in [1.29, 1.82) is 0 Å².